The van der Waals surface area contributed by atoms with E-state index >= 15 is 0 Å². The second-order valence-electron chi connectivity index (χ2n) is 19.7. The highest BCUT2D eigenvalue weighted by molar-refractivity contribution is 6.03. The lowest BCUT2D eigenvalue weighted by Gasteiger charge is -2.62. The normalized spacial score (nSPS) is 20.4. The maximum absolute atomic E-state index is 13.6. The number of hydrogen-bond donors (Lipinski definition) is 2. The number of benzene rings is 2. The molecule has 2 aliphatic carbocycles. The van der Waals surface area contributed by atoms with Gasteiger partial charge in [0.25, 0.3) is 5.56 Å². The van der Waals surface area contributed by atoms with E-state index in [9.17, 15) is 19.2 Å². The van der Waals surface area contributed by atoms with Crippen molar-refractivity contribution in [2.24, 2.45) is 11.3 Å². The van der Waals surface area contributed by atoms with E-state index in [2.05, 4.69) is 87.3 Å². The van der Waals surface area contributed by atoms with Gasteiger partial charge in [0.05, 0.1) is 23.6 Å². The zero-order valence-corrected chi connectivity index (χ0v) is 39.2. The van der Waals surface area contributed by atoms with Gasteiger partial charge in [0.2, 0.25) is 24.2 Å². The highest BCUT2D eigenvalue weighted by Crippen LogP contribution is 2.53. The molecular weight excluding hydrogens is 845 g/mol. The molecule has 1 spiro atoms. The number of likely N-dealkylation sites (N-methyl/N-ethyl adjacent to an activating group) is 1. The van der Waals surface area contributed by atoms with Gasteiger partial charge in [0, 0.05) is 93.9 Å². The molecule has 67 heavy (non-hydrogen) atoms. The first kappa shape index (κ1) is 44.3. The number of carbonyl (C=O) groups is 3. The van der Waals surface area contributed by atoms with Crippen LogP contribution in [0.2, 0.25) is 0 Å². The van der Waals surface area contributed by atoms with Crippen LogP contribution in [0.3, 0.4) is 0 Å². The summed E-state index contributed by atoms with van der Waals surface area (Å²) >= 11 is 0. The minimum atomic E-state index is -0.482. The molecule has 3 aromatic heterocycles. The molecule has 0 radical (unpaired) electrons. The minimum Gasteiger partial charge on any atom is -0.372 e. The van der Waals surface area contributed by atoms with Gasteiger partial charge in [-0.2, -0.15) is 4.98 Å². The molecule has 5 aliphatic rings. The lowest BCUT2D eigenvalue weighted by Crippen LogP contribution is -2.66. The molecule has 2 aromatic carbocycles. The van der Waals surface area contributed by atoms with Crippen LogP contribution < -0.4 is 35.8 Å². The monoisotopic (exact) mass is 907 g/mol. The number of piperidine rings is 2. The summed E-state index contributed by atoms with van der Waals surface area (Å²) in [5, 5.41) is 6.28. The summed E-state index contributed by atoms with van der Waals surface area (Å²) in [6.45, 7) is 11.4. The molecular formula is C51H62N12O4. The molecule has 10 rings (SSSR count). The van der Waals surface area contributed by atoms with Crippen molar-refractivity contribution in [1.82, 2.24) is 34.5 Å². The largest absolute Gasteiger partial charge is 0.372 e. The topological polar surface area (TPSA) is 157 Å². The summed E-state index contributed by atoms with van der Waals surface area (Å²) in [4.78, 5) is 75.7. The molecule has 2 atom stereocenters. The molecule has 350 valence electrons. The van der Waals surface area contributed by atoms with Gasteiger partial charge in [-0.05, 0) is 112 Å². The molecule has 6 heterocycles. The van der Waals surface area contributed by atoms with Crippen molar-refractivity contribution in [2.75, 3.05) is 78.8 Å². The maximum atomic E-state index is 13.6. The number of nitrogens with one attached hydrogen (secondary N) is 2. The Morgan fingerprint density at radius 3 is 2.42 bits per heavy atom. The van der Waals surface area contributed by atoms with E-state index in [0.29, 0.717) is 60.1 Å². The maximum Gasteiger partial charge on any atom is 0.278 e. The van der Waals surface area contributed by atoms with Crippen molar-refractivity contribution in [2.45, 2.75) is 89.3 Å². The molecule has 3 aliphatic heterocycles. The number of allylic oxidation sites excluding steroid dienone is 1. The molecule has 2 unspecified atom stereocenters. The van der Waals surface area contributed by atoms with Gasteiger partial charge in [-0.15, -0.1) is 6.58 Å². The highest BCUT2D eigenvalue weighted by Gasteiger charge is 2.54. The van der Waals surface area contributed by atoms with E-state index in [1.807, 2.05) is 34.8 Å². The van der Waals surface area contributed by atoms with E-state index in [-0.39, 0.29) is 22.8 Å². The predicted molar refractivity (Wildman–Crippen MR) is 263 cm³/mol. The van der Waals surface area contributed by atoms with Crippen molar-refractivity contribution < 1.29 is 14.4 Å². The molecule has 5 aromatic rings. The summed E-state index contributed by atoms with van der Waals surface area (Å²) in [6, 6.07) is 18.7. The number of rotatable bonds is 15. The summed E-state index contributed by atoms with van der Waals surface area (Å²) in [5.41, 5.74) is 7.66. The number of imide groups is 1. The van der Waals surface area contributed by atoms with E-state index in [4.69, 9.17) is 9.97 Å². The fourth-order valence-electron chi connectivity index (χ4n) is 11.6. The Hall–Kier alpha value is -6.55. The van der Waals surface area contributed by atoms with Crippen LogP contribution in [0.1, 0.15) is 75.5 Å². The van der Waals surface area contributed by atoms with Crippen molar-refractivity contribution in [3.8, 4) is 5.82 Å². The van der Waals surface area contributed by atoms with Crippen LogP contribution in [0.5, 0.6) is 0 Å². The van der Waals surface area contributed by atoms with Gasteiger partial charge in [-0.1, -0.05) is 25.1 Å². The number of aromatic nitrogens is 5. The minimum absolute atomic E-state index is 0.174. The molecule has 3 saturated heterocycles. The zero-order valence-electron chi connectivity index (χ0n) is 39.2. The standard InChI is InChI=1S/C51H62N12O4/c1-6-23-62-49(67)39-28-52-50(56-47(39)63(62)43-19-13-35-12-11-34(7-2)45(35)54-43)53-36-14-16-37(17-15-36)60-24-21-33(22-25-60)29-57(3)38-26-51(27-38)30-61(31-51)41-10-8-9-40(46(41)58(4)32-64)59(5)42-18-20-44(65)55-48(42)66/h6,8-10,13-17,19,28,32-34,38,42H,1,7,11-12,18,20-27,29-31H2,2-5H3,(H,52,53,56)(H,55,65,66). The Morgan fingerprint density at radius 1 is 0.925 bits per heavy atom. The average Bonchev–Trinajstić information content (AvgIpc) is 3.84. The van der Waals surface area contributed by atoms with Crippen LogP contribution >= 0.6 is 0 Å². The molecule has 16 heteroatoms. The molecule has 3 amide bonds. The lowest BCUT2D eigenvalue weighted by atomic mass is 9.60. The Bertz CT molecular complexity index is 2760. The molecule has 0 bridgehead atoms. The second-order valence-corrected chi connectivity index (χ2v) is 19.7. The summed E-state index contributed by atoms with van der Waals surface area (Å²) < 4.78 is 3.45. The predicted octanol–water partition coefficient (Wildman–Crippen LogP) is 6.00. The van der Waals surface area contributed by atoms with Gasteiger partial charge >= 0.3 is 0 Å². The van der Waals surface area contributed by atoms with Gasteiger partial charge in [0.15, 0.2) is 11.5 Å². The third-order valence-corrected chi connectivity index (χ3v) is 15.4. The van der Waals surface area contributed by atoms with Crippen LogP contribution in [-0.2, 0) is 27.3 Å². The average molecular weight is 907 g/mol. The Morgan fingerprint density at radius 2 is 1.70 bits per heavy atom. The van der Waals surface area contributed by atoms with E-state index in [1.54, 1.807) is 28.9 Å². The zero-order chi connectivity index (χ0) is 46.6. The number of carbonyl (C=O) groups excluding carboxylic acids is 3. The van der Waals surface area contributed by atoms with Crippen LogP contribution in [0.15, 0.2) is 78.2 Å². The number of fused-ring (bicyclic) bond motifs is 2. The lowest BCUT2D eigenvalue weighted by molar-refractivity contribution is -0.134. The third kappa shape index (κ3) is 8.23. The smallest absolute Gasteiger partial charge is 0.278 e. The quantitative estimate of drug-likeness (QED) is 0.0720. The van der Waals surface area contributed by atoms with E-state index < -0.39 is 6.04 Å². The van der Waals surface area contributed by atoms with Crippen LogP contribution in [0.4, 0.5) is 34.4 Å². The van der Waals surface area contributed by atoms with Gasteiger partial charge in [-0.3, -0.25) is 24.5 Å². The number of amides is 3. The third-order valence-electron chi connectivity index (χ3n) is 15.4. The number of para-hydroxylation sites is 1. The van der Waals surface area contributed by atoms with Crippen LogP contribution in [0, 0.1) is 11.3 Å². The number of hydrogen-bond acceptors (Lipinski definition) is 12. The summed E-state index contributed by atoms with van der Waals surface area (Å²) in [7, 11) is 5.92. The molecule has 1 saturated carbocycles. The Balaban J connectivity index is 0.724. The number of nitrogens with zero attached hydrogens (tertiary/aromatic N) is 10. The number of anilines is 6. The van der Waals surface area contributed by atoms with Crippen molar-refractivity contribution in [3.63, 3.8) is 0 Å². The molecule has 4 fully saturated rings. The first-order valence-corrected chi connectivity index (χ1v) is 24.0. The van der Waals surface area contributed by atoms with Crippen LogP contribution in [0.25, 0.3) is 16.9 Å². The van der Waals surface area contributed by atoms with E-state index in [0.717, 1.165) is 99.7 Å². The van der Waals surface area contributed by atoms with Gasteiger partial charge in [-0.25, -0.2) is 19.3 Å². The fourth-order valence-corrected chi connectivity index (χ4v) is 11.6. The van der Waals surface area contributed by atoms with Crippen molar-refractivity contribution in [3.05, 3.63) is 95.1 Å². The van der Waals surface area contributed by atoms with Gasteiger partial charge in [0.1, 0.15) is 11.4 Å². The number of aryl methyl sites for hydroxylation is 1. The van der Waals surface area contributed by atoms with E-state index in [1.165, 1.54) is 24.1 Å². The van der Waals surface area contributed by atoms with Crippen LogP contribution in [-0.4, -0.2) is 113 Å². The first-order valence-electron chi connectivity index (χ1n) is 24.0. The summed E-state index contributed by atoms with van der Waals surface area (Å²) in [5.74, 6) is 1.61. The second kappa shape index (κ2) is 17.9. The molecule has 2 N–H and O–H groups in total. The Labute approximate surface area is 391 Å². The molecule has 16 nitrogen and oxygen atoms in total. The SMILES string of the molecule is C=CCn1c(=O)c2cnc(Nc3ccc(N4CCC(CN(C)C5CC6(C5)CN(c5cccc(N(C)C7CCC(=O)NC7=O)c5N(C)C=O)C6)CC4)cc3)nc2n1-c1ccc2c(n1)C(CC)CC2. The number of pyridine rings is 1. The highest BCUT2D eigenvalue weighted by atomic mass is 16.2. The van der Waals surface area contributed by atoms with Crippen molar-refractivity contribution >= 4 is 63.6 Å². The fraction of sp³-hybridized carbons (Fsp3) is 0.471. The van der Waals surface area contributed by atoms with Gasteiger partial charge < -0.3 is 29.8 Å². The summed E-state index contributed by atoms with van der Waals surface area (Å²) in [6.07, 6.45) is 12.7. The Kier molecular flexibility index (Phi) is 11.8. The van der Waals surface area contributed by atoms with Crippen molar-refractivity contribution in [1.29, 1.82) is 0 Å². The first-order chi connectivity index (χ1) is 32.5.